The molecule has 0 aliphatic heterocycles. The van der Waals surface area contributed by atoms with Crippen LogP contribution in [0, 0.1) is 0 Å². The molecule has 0 bridgehead atoms. The molecular weight excluding hydrogens is 259 g/mol. The van der Waals surface area contributed by atoms with E-state index in [9.17, 15) is 4.79 Å². The number of hydrogen-bond donors (Lipinski definition) is 0. The van der Waals surface area contributed by atoms with Crippen molar-refractivity contribution in [3.05, 3.63) is 33.8 Å². The van der Waals surface area contributed by atoms with Crippen molar-refractivity contribution in [1.82, 2.24) is 0 Å². The Bertz CT molecular complexity index is 357. The van der Waals surface area contributed by atoms with Gasteiger partial charge in [-0.3, -0.25) is 0 Å². The van der Waals surface area contributed by atoms with Crippen LogP contribution >= 0.6 is 23.2 Å². The van der Waals surface area contributed by atoms with Crippen LogP contribution in [0.5, 0.6) is 0 Å². The van der Waals surface area contributed by atoms with Crippen molar-refractivity contribution in [3.8, 4) is 0 Å². The number of hydrogen-bond acceptors (Lipinski definition) is 2. The highest BCUT2D eigenvalue weighted by Crippen LogP contribution is 2.24. The number of halogens is 2. The van der Waals surface area contributed by atoms with E-state index < -0.39 is 5.97 Å². The molecule has 0 aromatic heterocycles. The molecule has 0 atom stereocenters. The molecule has 1 aromatic rings. The second kappa shape index (κ2) is 7.57. The van der Waals surface area contributed by atoms with Crippen LogP contribution in [-0.2, 0) is 4.74 Å². The second-order valence-electron chi connectivity index (χ2n) is 3.79. The van der Waals surface area contributed by atoms with E-state index >= 15 is 0 Å². The molecule has 0 N–H and O–H groups in total. The minimum absolute atomic E-state index is 0.256. The van der Waals surface area contributed by atoms with Crippen molar-refractivity contribution in [2.24, 2.45) is 0 Å². The third-order valence-electron chi connectivity index (χ3n) is 2.40. The summed E-state index contributed by atoms with van der Waals surface area (Å²) in [6.45, 7) is 2.55. The van der Waals surface area contributed by atoms with Gasteiger partial charge < -0.3 is 4.74 Å². The Morgan fingerprint density at radius 2 is 1.82 bits per heavy atom. The lowest BCUT2D eigenvalue weighted by atomic mass is 10.2. The van der Waals surface area contributed by atoms with Gasteiger partial charge in [-0.1, -0.05) is 55.5 Å². The lowest BCUT2D eigenvalue weighted by molar-refractivity contribution is 0.0498. The van der Waals surface area contributed by atoms with E-state index in [1.54, 1.807) is 18.2 Å². The second-order valence-corrected chi connectivity index (χ2v) is 4.61. The maximum absolute atomic E-state index is 11.7. The highest BCUT2D eigenvalue weighted by Gasteiger charge is 2.15. The molecule has 1 rings (SSSR count). The maximum Gasteiger partial charge on any atom is 0.341 e. The summed E-state index contributed by atoms with van der Waals surface area (Å²) in [5, 5.41) is 0.659. The SMILES string of the molecule is CCCCCCOC(=O)c1c(Cl)cccc1Cl. The van der Waals surface area contributed by atoms with Gasteiger partial charge in [0, 0.05) is 0 Å². The first-order chi connectivity index (χ1) is 8.16. The number of ether oxygens (including phenoxy) is 1. The van der Waals surface area contributed by atoms with Gasteiger partial charge in [-0.25, -0.2) is 4.79 Å². The molecule has 2 nitrogen and oxygen atoms in total. The Hall–Kier alpha value is -0.730. The third kappa shape index (κ3) is 4.57. The van der Waals surface area contributed by atoms with E-state index in [0.29, 0.717) is 16.7 Å². The van der Waals surface area contributed by atoms with E-state index in [0.717, 1.165) is 25.7 Å². The van der Waals surface area contributed by atoms with Crippen molar-refractivity contribution in [1.29, 1.82) is 0 Å². The summed E-state index contributed by atoms with van der Waals surface area (Å²) in [6.07, 6.45) is 4.26. The molecule has 0 radical (unpaired) electrons. The molecule has 0 unspecified atom stereocenters. The highest BCUT2D eigenvalue weighted by atomic mass is 35.5. The van der Waals surface area contributed by atoms with Gasteiger partial charge in [-0.2, -0.15) is 0 Å². The molecule has 0 aliphatic rings. The predicted octanol–water partition coefficient (Wildman–Crippen LogP) is 4.73. The Morgan fingerprint density at radius 1 is 1.18 bits per heavy atom. The molecule has 0 saturated heterocycles. The number of unbranched alkanes of at least 4 members (excludes halogenated alkanes) is 3. The number of carbonyl (C=O) groups excluding carboxylic acids is 1. The van der Waals surface area contributed by atoms with Gasteiger partial charge in [0.15, 0.2) is 0 Å². The summed E-state index contributed by atoms with van der Waals surface area (Å²) in [5.41, 5.74) is 0.256. The van der Waals surface area contributed by atoms with Gasteiger partial charge in [0.1, 0.15) is 0 Å². The number of esters is 1. The van der Waals surface area contributed by atoms with E-state index in [4.69, 9.17) is 27.9 Å². The topological polar surface area (TPSA) is 26.3 Å². The van der Waals surface area contributed by atoms with E-state index in [1.165, 1.54) is 0 Å². The van der Waals surface area contributed by atoms with Gasteiger partial charge >= 0.3 is 5.97 Å². The summed E-state index contributed by atoms with van der Waals surface area (Å²) in [5.74, 6) is -0.447. The maximum atomic E-state index is 11.7. The first kappa shape index (κ1) is 14.3. The molecule has 17 heavy (non-hydrogen) atoms. The molecule has 0 aliphatic carbocycles. The van der Waals surface area contributed by atoms with Crippen LogP contribution in [0.2, 0.25) is 10.0 Å². The average molecular weight is 275 g/mol. The summed E-state index contributed by atoms with van der Waals surface area (Å²) in [6, 6.07) is 4.95. The van der Waals surface area contributed by atoms with Crippen LogP contribution in [0.25, 0.3) is 0 Å². The summed E-state index contributed by atoms with van der Waals surface area (Å²) < 4.78 is 5.13. The van der Waals surface area contributed by atoms with Crippen LogP contribution in [0.1, 0.15) is 43.0 Å². The fourth-order valence-corrected chi connectivity index (χ4v) is 2.01. The molecule has 4 heteroatoms. The Balaban J connectivity index is 2.47. The van der Waals surface area contributed by atoms with Gasteiger partial charge in [0.05, 0.1) is 22.2 Å². The average Bonchev–Trinajstić information content (AvgIpc) is 2.28. The molecule has 0 spiro atoms. The largest absolute Gasteiger partial charge is 0.462 e. The van der Waals surface area contributed by atoms with Crippen LogP contribution in [0.3, 0.4) is 0 Å². The number of benzene rings is 1. The lowest BCUT2D eigenvalue weighted by Crippen LogP contribution is -2.07. The summed E-state index contributed by atoms with van der Waals surface area (Å²) in [7, 11) is 0. The lowest BCUT2D eigenvalue weighted by Gasteiger charge is -2.07. The monoisotopic (exact) mass is 274 g/mol. The molecule has 94 valence electrons. The fraction of sp³-hybridized carbons (Fsp3) is 0.462. The van der Waals surface area contributed by atoms with Crippen LogP contribution in [-0.4, -0.2) is 12.6 Å². The molecule has 0 heterocycles. The molecular formula is C13H16Cl2O2. The van der Waals surface area contributed by atoms with Crippen molar-refractivity contribution in [2.75, 3.05) is 6.61 Å². The third-order valence-corrected chi connectivity index (χ3v) is 3.03. The number of rotatable bonds is 6. The first-order valence-corrected chi connectivity index (χ1v) is 6.53. The fourth-order valence-electron chi connectivity index (χ4n) is 1.46. The van der Waals surface area contributed by atoms with E-state index in [1.807, 2.05) is 0 Å². The Kier molecular flexibility index (Phi) is 6.38. The van der Waals surface area contributed by atoms with Crippen LogP contribution in [0.15, 0.2) is 18.2 Å². The van der Waals surface area contributed by atoms with Gasteiger partial charge in [-0.05, 0) is 18.6 Å². The van der Waals surface area contributed by atoms with Crippen LogP contribution in [0.4, 0.5) is 0 Å². The first-order valence-electron chi connectivity index (χ1n) is 5.78. The van der Waals surface area contributed by atoms with E-state index in [2.05, 4.69) is 6.92 Å². The van der Waals surface area contributed by atoms with Crippen molar-refractivity contribution in [3.63, 3.8) is 0 Å². The minimum atomic E-state index is -0.447. The zero-order valence-electron chi connectivity index (χ0n) is 9.84. The van der Waals surface area contributed by atoms with Gasteiger partial charge in [0.25, 0.3) is 0 Å². The van der Waals surface area contributed by atoms with Gasteiger partial charge in [0.2, 0.25) is 0 Å². The Morgan fingerprint density at radius 3 is 2.41 bits per heavy atom. The summed E-state index contributed by atoms with van der Waals surface area (Å²) >= 11 is 11.8. The Labute approximate surface area is 112 Å². The van der Waals surface area contributed by atoms with E-state index in [-0.39, 0.29) is 5.56 Å². The molecule has 0 saturated carbocycles. The minimum Gasteiger partial charge on any atom is -0.462 e. The zero-order valence-corrected chi connectivity index (χ0v) is 11.4. The number of carbonyl (C=O) groups is 1. The predicted molar refractivity (Wildman–Crippen MR) is 70.9 cm³/mol. The van der Waals surface area contributed by atoms with Gasteiger partial charge in [-0.15, -0.1) is 0 Å². The quantitative estimate of drug-likeness (QED) is 0.554. The van der Waals surface area contributed by atoms with Crippen molar-refractivity contribution < 1.29 is 9.53 Å². The van der Waals surface area contributed by atoms with Crippen molar-refractivity contribution in [2.45, 2.75) is 32.6 Å². The zero-order chi connectivity index (χ0) is 12.7. The smallest absolute Gasteiger partial charge is 0.341 e. The molecule has 1 aromatic carbocycles. The highest BCUT2D eigenvalue weighted by molar-refractivity contribution is 6.39. The van der Waals surface area contributed by atoms with Crippen LogP contribution < -0.4 is 0 Å². The normalized spacial score (nSPS) is 10.3. The van der Waals surface area contributed by atoms with Crippen molar-refractivity contribution >= 4 is 29.2 Å². The summed E-state index contributed by atoms with van der Waals surface area (Å²) in [4.78, 5) is 11.7. The molecule has 0 amide bonds. The molecule has 0 fully saturated rings. The standard InChI is InChI=1S/C13H16Cl2O2/c1-2-3-4-5-9-17-13(16)12-10(14)7-6-8-11(12)15/h6-8H,2-5,9H2,1H3.